The summed E-state index contributed by atoms with van der Waals surface area (Å²) in [5.41, 5.74) is 0.0932. The van der Waals surface area contributed by atoms with E-state index in [0.717, 1.165) is 5.56 Å². The van der Waals surface area contributed by atoms with Gasteiger partial charge in [-0.1, -0.05) is 17.7 Å². The van der Waals surface area contributed by atoms with Gasteiger partial charge in [0.2, 0.25) is 0 Å². The molecule has 3 nitrogen and oxygen atoms in total. The molecule has 78 valence electrons. The van der Waals surface area contributed by atoms with Crippen molar-refractivity contribution in [3.63, 3.8) is 0 Å². The number of nitrogens with two attached hydrogens (primary N) is 1. The fourth-order valence-corrected chi connectivity index (χ4v) is 1.71. The zero-order valence-corrected chi connectivity index (χ0v) is 9.26. The predicted molar refractivity (Wildman–Crippen MR) is 56.3 cm³/mol. The number of rotatable bonds is 3. The lowest BCUT2D eigenvalue weighted by Gasteiger charge is -2.25. The van der Waals surface area contributed by atoms with E-state index in [1.54, 1.807) is 13.2 Å². The molecule has 0 aromatic heterocycles. The van der Waals surface area contributed by atoms with Crippen molar-refractivity contribution in [1.29, 1.82) is 0 Å². The summed E-state index contributed by atoms with van der Waals surface area (Å²) in [5.74, 6) is 5.89. The molecular weight excluding hydrogens is 202 g/mol. The Morgan fingerprint density at radius 3 is 2.50 bits per heavy atom. The van der Waals surface area contributed by atoms with E-state index in [0.29, 0.717) is 10.8 Å². The fourth-order valence-electron chi connectivity index (χ4n) is 1.32. The molecule has 0 aliphatic carbocycles. The topological polar surface area (TPSA) is 44.5 Å². The molecule has 0 bridgehead atoms. The minimum atomic E-state index is -0.663. The Morgan fingerprint density at radius 1 is 1.36 bits per heavy atom. The SMILES string of the molecule is COc1cccc(Cl)c1C(C)(C)ON. The Bertz CT molecular complexity index is 326. The van der Waals surface area contributed by atoms with Crippen LogP contribution in [0.15, 0.2) is 18.2 Å². The van der Waals surface area contributed by atoms with Gasteiger partial charge >= 0.3 is 0 Å². The number of benzene rings is 1. The first-order chi connectivity index (χ1) is 6.53. The highest BCUT2D eigenvalue weighted by Crippen LogP contribution is 2.36. The molecule has 0 aliphatic heterocycles. The van der Waals surface area contributed by atoms with Gasteiger partial charge in [0.15, 0.2) is 0 Å². The second kappa shape index (κ2) is 4.17. The number of hydrogen-bond acceptors (Lipinski definition) is 3. The van der Waals surface area contributed by atoms with Crippen LogP contribution in [0.25, 0.3) is 0 Å². The summed E-state index contributed by atoms with van der Waals surface area (Å²) in [4.78, 5) is 4.88. The van der Waals surface area contributed by atoms with Crippen LogP contribution in [0.1, 0.15) is 19.4 Å². The van der Waals surface area contributed by atoms with Gasteiger partial charge in [-0.3, -0.25) is 4.84 Å². The molecule has 0 aliphatic rings. The molecule has 0 atom stereocenters. The smallest absolute Gasteiger partial charge is 0.126 e. The van der Waals surface area contributed by atoms with Crippen LogP contribution in [0, 0.1) is 0 Å². The number of halogens is 1. The molecule has 0 radical (unpaired) electrons. The average molecular weight is 216 g/mol. The van der Waals surface area contributed by atoms with Gasteiger partial charge < -0.3 is 4.74 Å². The molecule has 0 amide bonds. The van der Waals surface area contributed by atoms with Gasteiger partial charge in [0.25, 0.3) is 0 Å². The lowest BCUT2D eigenvalue weighted by atomic mass is 9.97. The fraction of sp³-hybridized carbons (Fsp3) is 0.400. The van der Waals surface area contributed by atoms with Crippen LogP contribution in [-0.4, -0.2) is 7.11 Å². The van der Waals surface area contributed by atoms with Crippen molar-refractivity contribution in [2.75, 3.05) is 7.11 Å². The normalized spacial score (nSPS) is 11.5. The summed E-state index contributed by atoms with van der Waals surface area (Å²) in [5, 5.41) is 0.583. The molecule has 2 N–H and O–H groups in total. The summed E-state index contributed by atoms with van der Waals surface area (Å²) in [6, 6.07) is 5.42. The van der Waals surface area contributed by atoms with E-state index in [2.05, 4.69) is 0 Å². The molecule has 0 fully saturated rings. The van der Waals surface area contributed by atoms with E-state index in [-0.39, 0.29) is 0 Å². The quantitative estimate of drug-likeness (QED) is 0.788. The second-order valence-electron chi connectivity index (χ2n) is 3.45. The molecule has 4 heteroatoms. The first-order valence-corrected chi connectivity index (χ1v) is 4.61. The van der Waals surface area contributed by atoms with Crippen LogP contribution in [0.5, 0.6) is 5.75 Å². The van der Waals surface area contributed by atoms with E-state index in [1.807, 2.05) is 26.0 Å². The second-order valence-corrected chi connectivity index (χ2v) is 3.85. The van der Waals surface area contributed by atoms with Crippen LogP contribution in [-0.2, 0) is 10.4 Å². The van der Waals surface area contributed by atoms with Crippen LogP contribution in [0.2, 0.25) is 5.02 Å². The molecule has 0 saturated carbocycles. The number of ether oxygens (including phenoxy) is 1. The monoisotopic (exact) mass is 215 g/mol. The molecule has 1 aromatic rings. The Labute approximate surface area is 88.7 Å². The average Bonchev–Trinajstić information content (AvgIpc) is 2.17. The number of methoxy groups -OCH3 is 1. The number of hydrogen-bond donors (Lipinski definition) is 1. The minimum Gasteiger partial charge on any atom is -0.496 e. The predicted octanol–water partition coefficient (Wildman–Crippen LogP) is 2.47. The third kappa shape index (κ3) is 2.00. The lowest BCUT2D eigenvalue weighted by Crippen LogP contribution is -2.26. The summed E-state index contributed by atoms with van der Waals surface area (Å²) in [6.07, 6.45) is 0. The van der Waals surface area contributed by atoms with E-state index >= 15 is 0 Å². The molecule has 14 heavy (non-hydrogen) atoms. The Hall–Kier alpha value is -0.770. The Kier molecular flexibility index (Phi) is 3.37. The van der Waals surface area contributed by atoms with Gasteiger partial charge in [-0.05, 0) is 26.0 Å². The maximum Gasteiger partial charge on any atom is 0.126 e. The van der Waals surface area contributed by atoms with Crippen molar-refractivity contribution < 1.29 is 9.57 Å². The highest BCUT2D eigenvalue weighted by atomic mass is 35.5. The molecule has 0 spiro atoms. The zero-order valence-electron chi connectivity index (χ0n) is 8.50. The molecule has 0 saturated heterocycles. The first kappa shape index (κ1) is 11.3. The van der Waals surface area contributed by atoms with Crippen molar-refractivity contribution in [1.82, 2.24) is 0 Å². The maximum absolute atomic E-state index is 6.06. The standard InChI is InChI=1S/C10H14ClNO2/c1-10(2,14-12)9-7(11)5-4-6-8(9)13-3/h4-6H,12H2,1-3H3. The molecular formula is C10H14ClNO2. The Balaban J connectivity index is 3.30. The van der Waals surface area contributed by atoms with Crippen LogP contribution < -0.4 is 10.6 Å². The molecule has 0 unspecified atom stereocenters. The van der Waals surface area contributed by atoms with Crippen LogP contribution in [0.4, 0.5) is 0 Å². The first-order valence-electron chi connectivity index (χ1n) is 4.24. The van der Waals surface area contributed by atoms with Crippen molar-refractivity contribution in [2.24, 2.45) is 5.90 Å². The maximum atomic E-state index is 6.06. The molecule has 1 aromatic carbocycles. The molecule has 1 rings (SSSR count). The summed E-state index contributed by atoms with van der Waals surface area (Å²) in [6.45, 7) is 3.66. The zero-order chi connectivity index (χ0) is 10.8. The van der Waals surface area contributed by atoms with Crippen molar-refractivity contribution in [3.05, 3.63) is 28.8 Å². The van der Waals surface area contributed by atoms with Gasteiger partial charge in [-0.2, -0.15) is 0 Å². The lowest BCUT2D eigenvalue weighted by molar-refractivity contribution is -0.0249. The van der Waals surface area contributed by atoms with E-state index < -0.39 is 5.60 Å². The van der Waals surface area contributed by atoms with Gasteiger partial charge in [0.1, 0.15) is 11.4 Å². The third-order valence-corrected chi connectivity index (χ3v) is 2.41. The largest absolute Gasteiger partial charge is 0.496 e. The van der Waals surface area contributed by atoms with Gasteiger partial charge in [-0.15, -0.1) is 0 Å². The molecule has 0 heterocycles. The summed E-state index contributed by atoms with van der Waals surface area (Å²) >= 11 is 6.06. The van der Waals surface area contributed by atoms with E-state index in [4.69, 9.17) is 27.1 Å². The van der Waals surface area contributed by atoms with Crippen molar-refractivity contribution in [3.8, 4) is 5.75 Å². The van der Waals surface area contributed by atoms with Crippen LogP contribution >= 0.6 is 11.6 Å². The van der Waals surface area contributed by atoms with Crippen molar-refractivity contribution >= 4 is 11.6 Å². The Morgan fingerprint density at radius 2 is 2.00 bits per heavy atom. The van der Waals surface area contributed by atoms with Gasteiger partial charge in [0.05, 0.1) is 12.1 Å². The summed E-state index contributed by atoms with van der Waals surface area (Å²) < 4.78 is 5.19. The third-order valence-electron chi connectivity index (χ3n) is 2.09. The highest BCUT2D eigenvalue weighted by Gasteiger charge is 2.27. The van der Waals surface area contributed by atoms with Gasteiger partial charge in [0, 0.05) is 5.56 Å². The minimum absolute atomic E-state index is 0.583. The summed E-state index contributed by atoms with van der Waals surface area (Å²) in [7, 11) is 1.59. The highest BCUT2D eigenvalue weighted by molar-refractivity contribution is 6.31. The van der Waals surface area contributed by atoms with Crippen molar-refractivity contribution in [2.45, 2.75) is 19.4 Å². The van der Waals surface area contributed by atoms with E-state index in [1.165, 1.54) is 0 Å². The van der Waals surface area contributed by atoms with Crippen LogP contribution in [0.3, 0.4) is 0 Å². The van der Waals surface area contributed by atoms with E-state index in [9.17, 15) is 0 Å². The van der Waals surface area contributed by atoms with Gasteiger partial charge in [-0.25, -0.2) is 5.90 Å².